The van der Waals surface area contributed by atoms with Crippen LogP contribution in [-0.4, -0.2) is 66.9 Å². The number of aryl methyl sites for hydroxylation is 1. The number of pyridine rings is 1. The number of nitrogens with zero attached hydrogens (tertiary/aromatic N) is 3. The van der Waals surface area contributed by atoms with E-state index in [9.17, 15) is 14.0 Å². The van der Waals surface area contributed by atoms with E-state index in [0.29, 0.717) is 23.5 Å². The summed E-state index contributed by atoms with van der Waals surface area (Å²) in [6.07, 6.45) is 1.63. The number of hydrogen-bond acceptors (Lipinski definition) is 5. The van der Waals surface area contributed by atoms with Gasteiger partial charge in [0.15, 0.2) is 11.6 Å². The summed E-state index contributed by atoms with van der Waals surface area (Å²) in [5.41, 5.74) is 2.23. The van der Waals surface area contributed by atoms with E-state index in [2.05, 4.69) is 15.2 Å². The number of rotatable bonds is 6. The Morgan fingerprint density at radius 2 is 1.94 bits per heavy atom. The molecule has 1 aliphatic heterocycles. The van der Waals surface area contributed by atoms with Gasteiger partial charge in [0.1, 0.15) is 5.69 Å². The highest BCUT2D eigenvalue weighted by atomic mass is 19.1. The van der Waals surface area contributed by atoms with Gasteiger partial charge in [-0.2, -0.15) is 0 Å². The average Bonchev–Trinajstić information content (AvgIpc) is 2.74. The molecule has 1 saturated heterocycles. The normalized spacial score (nSPS) is 14.9. The van der Waals surface area contributed by atoms with E-state index in [1.807, 2.05) is 6.07 Å². The predicted octanol–water partition coefficient (Wildman–Crippen LogP) is 2.63. The first-order chi connectivity index (χ1) is 14.8. The summed E-state index contributed by atoms with van der Waals surface area (Å²) in [7, 11) is 4.78. The highest BCUT2D eigenvalue weighted by Crippen LogP contribution is 2.20. The largest absolute Gasteiger partial charge is 0.494 e. The molecule has 0 unspecified atom stereocenters. The van der Waals surface area contributed by atoms with Gasteiger partial charge in [-0.05, 0) is 49.6 Å². The molecule has 7 nitrogen and oxygen atoms in total. The fourth-order valence-electron chi connectivity index (χ4n) is 3.71. The van der Waals surface area contributed by atoms with E-state index in [1.165, 1.54) is 18.1 Å². The van der Waals surface area contributed by atoms with E-state index >= 15 is 0 Å². The third kappa shape index (κ3) is 5.58. The van der Waals surface area contributed by atoms with Crippen LogP contribution >= 0.6 is 0 Å². The molecule has 0 atom stereocenters. The minimum absolute atomic E-state index is 0.0684. The number of hydrogen-bond donors (Lipinski definition) is 1. The lowest BCUT2D eigenvalue weighted by atomic mass is 10.0. The predicted molar refractivity (Wildman–Crippen MR) is 116 cm³/mol. The Balaban J connectivity index is 1.53. The maximum absolute atomic E-state index is 13.9. The number of carbonyl (C=O) groups is 2. The van der Waals surface area contributed by atoms with Crippen LogP contribution in [0.25, 0.3) is 0 Å². The molecule has 0 saturated carbocycles. The minimum Gasteiger partial charge on any atom is -0.494 e. The number of piperidine rings is 1. The third-order valence-electron chi connectivity index (χ3n) is 5.50. The molecule has 8 heteroatoms. The Kier molecular flexibility index (Phi) is 7.22. The maximum Gasteiger partial charge on any atom is 0.271 e. The molecule has 0 radical (unpaired) electrons. The van der Waals surface area contributed by atoms with Crippen molar-refractivity contribution in [2.45, 2.75) is 32.4 Å². The van der Waals surface area contributed by atoms with Gasteiger partial charge in [-0.15, -0.1) is 0 Å². The molecule has 166 valence electrons. The van der Waals surface area contributed by atoms with Crippen molar-refractivity contribution in [3.8, 4) is 5.75 Å². The van der Waals surface area contributed by atoms with Crippen molar-refractivity contribution in [2.24, 2.45) is 0 Å². The van der Waals surface area contributed by atoms with Gasteiger partial charge in [0, 0.05) is 39.8 Å². The minimum atomic E-state index is -0.357. The quantitative estimate of drug-likeness (QED) is 0.766. The van der Waals surface area contributed by atoms with Gasteiger partial charge >= 0.3 is 0 Å². The van der Waals surface area contributed by atoms with Crippen LogP contribution in [0.2, 0.25) is 0 Å². The van der Waals surface area contributed by atoms with Crippen LogP contribution in [0.15, 0.2) is 30.3 Å². The Morgan fingerprint density at radius 1 is 1.23 bits per heavy atom. The number of ether oxygens (including phenoxy) is 1. The molecule has 31 heavy (non-hydrogen) atoms. The molecule has 2 amide bonds. The van der Waals surface area contributed by atoms with E-state index in [1.54, 1.807) is 39.2 Å². The Hall–Kier alpha value is -3.00. The van der Waals surface area contributed by atoms with Crippen LogP contribution in [0.3, 0.4) is 0 Å². The van der Waals surface area contributed by atoms with Gasteiger partial charge in [-0.1, -0.05) is 6.07 Å². The second kappa shape index (κ2) is 9.87. The topological polar surface area (TPSA) is 74.8 Å². The lowest BCUT2D eigenvalue weighted by Crippen LogP contribution is -2.44. The fraction of sp³-hybridized carbons (Fsp3) is 0.435. The summed E-state index contributed by atoms with van der Waals surface area (Å²) in [6, 6.07) is 8.33. The van der Waals surface area contributed by atoms with Crippen molar-refractivity contribution in [3.63, 3.8) is 0 Å². The Morgan fingerprint density at radius 3 is 2.52 bits per heavy atom. The van der Waals surface area contributed by atoms with Crippen molar-refractivity contribution >= 4 is 11.8 Å². The molecule has 0 aliphatic carbocycles. The lowest BCUT2D eigenvalue weighted by molar-refractivity contribution is 0.0819. The molecule has 3 rings (SSSR count). The smallest absolute Gasteiger partial charge is 0.271 e. The van der Waals surface area contributed by atoms with Crippen molar-refractivity contribution in [2.75, 3.05) is 34.3 Å². The maximum atomic E-state index is 13.9. The fourth-order valence-corrected chi connectivity index (χ4v) is 3.71. The number of methoxy groups -OCH3 is 1. The van der Waals surface area contributed by atoms with Crippen LogP contribution in [0.5, 0.6) is 5.75 Å². The van der Waals surface area contributed by atoms with Crippen molar-refractivity contribution in [3.05, 3.63) is 58.7 Å². The second-order valence-corrected chi connectivity index (χ2v) is 8.02. The second-order valence-electron chi connectivity index (χ2n) is 8.02. The van der Waals surface area contributed by atoms with Crippen LogP contribution < -0.4 is 10.1 Å². The lowest BCUT2D eigenvalue weighted by Gasteiger charge is -2.32. The molecule has 0 bridgehead atoms. The third-order valence-corrected chi connectivity index (χ3v) is 5.50. The van der Waals surface area contributed by atoms with Gasteiger partial charge in [-0.25, -0.2) is 9.37 Å². The summed E-state index contributed by atoms with van der Waals surface area (Å²) < 4.78 is 18.9. The van der Waals surface area contributed by atoms with Crippen LogP contribution in [0, 0.1) is 12.7 Å². The van der Waals surface area contributed by atoms with Gasteiger partial charge in [0.25, 0.3) is 11.8 Å². The molecule has 2 aromatic rings. The summed E-state index contributed by atoms with van der Waals surface area (Å²) in [6.45, 7) is 4.02. The molecule has 2 heterocycles. The molecule has 0 spiro atoms. The zero-order valence-electron chi connectivity index (χ0n) is 18.4. The standard InChI is InChI=1S/C23H29FN4O3/c1-15-18(6-7-20(25-15)23(30)27(2)3)22(29)26-17-9-11-28(12-10-17)14-16-5-8-21(31-4)19(24)13-16/h5-8,13,17H,9-12,14H2,1-4H3,(H,26,29). The van der Waals surface area contributed by atoms with Gasteiger partial charge in [-0.3, -0.25) is 14.5 Å². The highest BCUT2D eigenvalue weighted by Gasteiger charge is 2.23. The highest BCUT2D eigenvalue weighted by molar-refractivity contribution is 5.97. The number of nitrogens with one attached hydrogen (secondary N) is 1. The van der Waals surface area contributed by atoms with E-state index in [4.69, 9.17) is 4.74 Å². The Bertz CT molecular complexity index is 956. The van der Waals surface area contributed by atoms with E-state index < -0.39 is 0 Å². The van der Waals surface area contributed by atoms with Crippen molar-refractivity contribution < 1.29 is 18.7 Å². The summed E-state index contributed by atoms with van der Waals surface area (Å²) >= 11 is 0. The number of benzene rings is 1. The summed E-state index contributed by atoms with van der Waals surface area (Å²) in [5.74, 6) is -0.484. The summed E-state index contributed by atoms with van der Waals surface area (Å²) in [4.78, 5) is 32.7. The Labute approximate surface area is 182 Å². The number of aromatic nitrogens is 1. The monoisotopic (exact) mass is 428 g/mol. The molecule has 1 aromatic carbocycles. The molecule has 1 fully saturated rings. The first-order valence-electron chi connectivity index (χ1n) is 10.3. The van der Waals surface area contributed by atoms with Crippen LogP contribution in [0.1, 0.15) is 44.9 Å². The zero-order chi connectivity index (χ0) is 22.5. The first-order valence-corrected chi connectivity index (χ1v) is 10.3. The first kappa shape index (κ1) is 22.7. The van der Waals surface area contributed by atoms with E-state index in [0.717, 1.165) is 31.5 Å². The van der Waals surface area contributed by atoms with E-state index in [-0.39, 0.29) is 29.4 Å². The number of carbonyl (C=O) groups excluding carboxylic acids is 2. The van der Waals surface area contributed by atoms with Crippen molar-refractivity contribution in [1.29, 1.82) is 0 Å². The average molecular weight is 429 g/mol. The van der Waals surface area contributed by atoms with Crippen LogP contribution in [0.4, 0.5) is 4.39 Å². The van der Waals surface area contributed by atoms with Gasteiger partial charge < -0.3 is 15.0 Å². The number of amides is 2. The van der Waals surface area contributed by atoms with Gasteiger partial charge in [0.05, 0.1) is 18.4 Å². The molecule has 1 aliphatic rings. The zero-order valence-corrected chi connectivity index (χ0v) is 18.4. The number of likely N-dealkylation sites (tertiary alicyclic amines) is 1. The molecule has 1 N–H and O–H groups in total. The summed E-state index contributed by atoms with van der Waals surface area (Å²) in [5, 5.41) is 3.08. The SMILES string of the molecule is COc1ccc(CN2CCC(NC(=O)c3ccc(C(=O)N(C)C)nc3C)CC2)cc1F. The van der Waals surface area contributed by atoms with Crippen LogP contribution in [-0.2, 0) is 6.54 Å². The van der Waals surface area contributed by atoms with Gasteiger partial charge in [0.2, 0.25) is 0 Å². The molecule has 1 aromatic heterocycles. The molecular formula is C23H29FN4O3. The van der Waals surface area contributed by atoms with Crippen molar-refractivity contribution in [1.82, 2.24) is 20.1 Å². The molecular weight excluding hydrogens is 399 g/mol. The number of halogens is 1.